The largest absolute Gasteiger partial charge is 0.347 e. The summed E-state index contributed by atoms with van der Waals surface area (Å²) in [5.41, 5.74) is 2.47. The van der Waals surface area contributed by atoms with Gasteiger partial charge < -0.3 is 9.88 Å². The number of rotatable bonds is 6. The molecule has 0 saturated carbocycles. The fourth-order valence-corrected chi connectivity index (χ4v) is 3.74. The van der Waals surface area contributed by atoms with E-state index in [0.717, 1.165) is 11.1 Å². The first-order valence-electron chi connectivity index (χ1n) is 10.1. The van der Waals surface area contributed by atoms with Gasteiger partial charge in [-0.15, -0.1) is 0 Å². The summed E-state index contributed by atoms with van der Waals surface area (Å²) in [6, 6.07) is 28.6. The zero-order valence-corrected chi connectivity index (χ0v) is 16.9. The molecule has 1 heterocycles. The molecule has 1 amide bonds. The lowest BCUT2D eigenvalue weighted by Gasteiger charge is -2.20. The van der Waals surface area contributed by atoms with Crippen molar-refractivity contribution in [3.63, 3.8) is 0 Å². The zero-order valence-electron chi connectivity index (χ0n) is 16.9. The highest BCUT2D eigenvalue weighted by Gasteiger charge is 2.17. The molecule has 152 valence electrons. The van der Waals surface area contributed by atoms with Gasteiger partial charge in [0.05, 0.1) is 11.6 Å². The number of hydrogen-bond acceptors (Lipinski definition) is 3. The van der Waals surface area contributed by atoms with Gasteiger partial charge in [0.25, 0.3) is 0 Å². The van der Waals surface area contributed by atoms with Crippen molar-refractivity contribution >= 4 is 16.8 Å². The van der Waals surface area contributed by atoms with E-state index in [2.05, 4.69) is 5.32 Å². The molecule has 0 aliphatic rings. The molecule has 0 aliphatic carbocycles. The number of nitriles is 1. The Bertz CT molecular complexity index is 1310. The van der Waals surface area contributed by atoms with Crippen LogP contribution in [0.4, 0.5) is 0 Å². The number of carbonyl (C=O) groups is 1. The molecule has 0 saturated heterocycles. The van der Waals surface area contributed by atoms with Gasteiger partial charge in [-0.1, -0.05) is 72.8 Å². The van der Waals surface area contributed by atoms with E-state index in [9.17, 15) is 14.9 Å². The maximum atomic E-state index is 13.0. The molecule has 4 rings (SSSR count). The second-order valence-electron chi connectivity index (χ2n) is 7.35. The van der Waals surface area contributed by atoms with Gasteiger partial charge in [-0.3, -0.25) is 9.59 Å². The average molecular weight is 407 g/mol. The standard InChI is InChI=1S/C26H21N3O2/c27-16-21-17-29(24-14-8-7-13-22(24)26(21)31)18-25(30)28-23(20-11-5-2-6-12-20)15-19-9-3-1-4-10-19/h1-14,17,23H,15,18H2,(H,28,30). The number of nitrogens with zero attached hydrogens (tertiary/aromatic N) is 2. The quantitative estimate of drug-likeness (QED) is 0.525. The number of fused-ring (bicyclic) bond motifs is 1. The summed E-state index contributed by atoms with van der Waals surface area (Å²) in [5.74, 6) is -0.192. The molecule has 4 aromatic rings. The summed E-state index contributed by atoms with van der Waals surface area (Å²) < 4.78 is 1.66. The molecule has 3 aromatic carbocycles. The predicted molar refractivity (Wildman–Crippen MR) is 120 cm³/mol. The Morgan fingerprint density at radius 3 is 2.29 bits per heavy atom. The fourth-order valence-electron chi connectivity index (χ4n) is 3.74. The summed E-state index contributed by atoms with van der Waals surface area (Å²) in [7, 11) is 0. The molecule has 1 aromatic heterocycles. The maximum absolute atomic E-state index is 13.0. The van der Waals surface area contributed by atoms with E-state index in [0.29, 0.717) is 17.3 Å². The number of carbonyl (C=O) groups excluding carboxylic acids is 1. The number of aromatic nitrogens is 1. The van der Waals surface area contributed by atoms with Gasteiger partial charge in [-0.05, 0) is 29.7 Å². The number of pyridine rings is 1. The molecule has 0 bridgehead atoms. The van der Waals surface area contributed by atoms with Crippen molar-refractivity contribution in [3.05, 3.63) is 118 Å². The lowest BCUT2D eigenvalue weighted by Crippen LogP contribution is -2.33. The van der Waals surface area contributed by atoms with Crippen LogP contribution in [0.25, 0.3) is 10.9 Å². The molecule has 1 atom stereocenters. The molecule has 0 spiro atoms. The molecule has 0 radical (unpaired) electrons. The minimum absolute atomic E-state index is 0.00754. The Morgan fingerprint density at radius 1 is 0.935 bits per heavy atom. The molecule has 0 fully saturated rings. The summed E-state index contributed by atoms with van der Waals surface area (Å²) >= 11 is 0. The maximum Gasteiger partial charge on any atom is 0.240 e. The van der Waals surface area contributed by atoms with Crippen LogP contribution in [-0.2, 0) is 17.8 Å². The van der Waals surface area contributed by atoms with Crippen LogP contribution in [0, 0.1) is 11.3 Å². The van der Waals surface area contributed by atoms with E-state index >= 15 is 0 Å². The summed E-state index contributed by atoms with van der Waals surface area (Å²) in [6.45, 7) is 0.00754. The Morgan fingerprint density at radius 2 is 1.58 bits per heavy atom. The van der Waals surface area contributed by atoms with Crippen molar-refractivity contribution in [1.29, 1.82) is 5.26 Å². The lowest BCUT2D eigenvalue weighted by molar-refractivity contribution is -0.122. The van der Waals surface area contributed by atoms with Gasteiger partial charge in [0.2, 0.25) is 11.3 Å². The first kappa shape index (κ1) is 20.1. The lowest BCUT2D eigenvalue weighted by atomic mass is 9.99. The van der Waals surface area contributed by atoms with Crippen molar-refractivity contribution in [2.24, 2.45) is 0 Å². The molecule has 1 unspecified atom stereocenters. The van der Waals surface area contributed by atoms with Crippen LogP contribution in [0.15, 0.2) is 95.9 Å². The highest BCUT2D eigenvalue weighted by atomic mass is 16.2. The van der Waals surface area contributed by atoms with Gasteiger partial charge in [0.1, 0.15) is 18.2 Å². The van der Waals surface area contributed by atoms with E-state index in [4.69, 9.17) is 0 Å². The molecule has 0 aliphatic heterocycles. The Hall–Kier alpha value is -4.17. The monoisotopic (exact) mass is 407 g/mol. The Balaban J connectivity index is 1.62. The van der Waals surface area contributed by atoms with E-state index in [1.165, 1.54) is 6.20 Å². The van der Waals surface area contributed by atoms with Crippen LogP contribution < -0.4 is 10.7 Å². The van der Waals surface area contributed by atoms with Crippen LogP contribution >= 0.6 is 0 Å². The van der Waals surface area contributed by atoms with Crippen molar-refractivity contribution in [2.75, 3.05) is 0 Å². The third-order valence-electron chi connectivity index (χ3n) is 5.24. The number of hydrogen-bond donors (Lipinski definition) is 1. The third-order valence-corrected chi connectivity index (χ3v) is 5.24. The van der Waals surface area contributed by atoms with E-state index in [1.54, 1.807) is 22.8 Å². The van der Waals surface area contributed by atoms with Gasteiger partial charge in [-0.2, -0.15) is 5.26 Å². The highest BCUT2D eigenvalue weighted by molar-refractivity contribution is 5.83. The topological polar surface area (TPSA) is 74.9 Å². The molecule has 5 heteroatoms. The number of amides is 1. The van der Waals surface area contributed by atoms with E-state index < -0.39 is 0 Å². The second-order valence-corrected chi connectivity index (χ2v) is 7.35. The fraction of sp³-hybridized carbons (Fsp3) is 0.115. The van der Waals surface area contributed by atoms with Crippen LogP contribution in [0.3, 0.4) is 0 Å². The van der Waals surface area contributed by atoms with Crippen LogP contribution in [0.2, 0.25) is 0 Å². The number of nitrogens with one attached hydrogen (secondary N) is 1. The van der Waals surface area contributed by atoms with Crippen LogP contribution in [-0.4, -0.2) is 10.5 Å². The van der Waals surface area contributed by atoms with Gasteiger partial charge in [0, 0.05) is 11.6 Å². The van der Waals surface area contributed by atoms with Crippen LogP contribution in [0.1, 0.15) is 22.7 Å². The minimum Gasteiger partial charge on any atom is -0.347 e. The van der Waals surface area contributed by atoms with Crippen molar-refractivity contribution in [3.8, 4) is 6.07 Å². The second kappa shape index (κ2) is 9.10. The first-order chi connectivity index (χ1) is 15.2. The average Bonchev–Trinajstić information content (AvgIpc) is 2.82. The number of para-hydroxylation sites is 1. The first-order valence-corrected chi connectivity index (χ1v) is 10.1. The molecular formula is C26H21N3O2. The minimum atomic E-state index is -0.319. The van der Waals surface area contributed by atoms with Crippen molar-refractivity contribution in [1.82, 2.24) is 9.88 Å². The SMILES string of the molecule is N#Cc1cn(CC(=O)NC(Cc2ccccc2)c2ccccc2)c2ccccc2c1=O. The van der Waals surface area contributed by atoms with Gasteiger partial charge in [-0.25, -0.2) is 0 Å². The number of benzene rings is 3. The molecule has 31 heavy (non-hydrogen) atoms. The van der Waals surface area contributed by atoms with Crippen molar-refractivity contribution < 1.29 is 4.79 Å². The predicted octanol–water partition coefficient (Wildman–Crippen LogP) is 3.97. The van der Waals surface area contributed by atoms with Crippen molar-refractivity contribution in [2.45, 2.75) is 19.0 Å². The summed E-state index contributed by atoms with van der Waals surface area (Å²) in [6.07, 6.45) is 2.11. The van der Waals surface area contributed by atoms with E-state index in [1.807, 2.05) is 72.8 Å². The molecule has 5 nitrogen and oxygen atoms in total. The van der Waals surface area contributed by atoms with Gasteiger partial charge >= 0.3 is 0 Å². The summed E-state index contributed by atoms with van der Waals surface area (Å²) in [5, 5.41) is 12.9. The smallest absolute Gasteiger partial charge is 0.240 e. The molecular weight excluding hydrogens is 386 g/mol. The molecule has 1 N–H and O–H groups in total. The zero-order chi connectivity index (χ0) is 21.6. The Labute approximate surface area is 180 Å². The normalized spacial score (nSPS) is 11.6. The third kappa shape index (κ3) is 4.54. The van der Waals surface area contributed by atoms with Gasteiger partial charge in [0.15, 0.2) is 0 Å². The van der Waals surface area contributed by atoms with Crippen LogP contribution in [0.5, 0.6) is 0 Å². The summed E-state index contributed by atoms with van der Waals surface area (Å²) in [4.78, 5) is 25.4. The highest BCUT2D eigenvalue weighted by Crippen LogP contribution is 2.19. The van der Waals surface area contributed by atoms with E-state index in [-0.39, 0.29) is 29.5 Å². The Kier molecular flexibility index (Phi) is 5.91.